The lowest BCUT2D eigenvalue weighted by atomic mass is 9.94. The zero-order chi connectivity index (χ0) is 27.0. The maximum absolute atomic E-state index is 13.9. The topological polar surface area (TPSA) is 131 Å². The fourth-order valence-electron chi connectivity index (χ4n) is 4.07. The van der Waals surface area contributed by atoms with Crippen molar-refractivity contribution in [3.8, 4) is 0 Å². The Labute approximate surface area is 214 Å². The number of carbonyl (C=O) groups is 4. The van der Waals surface area contributed by atoms with Gasteiger partial charge in [0.25, 0.3) is 0 Å². The van der Waals surface area contributed by atoms with Gasteiger partial charge >= 0.3 is 6.09 Å². The molecule has 1 saturated carbocycles. The van der Waals surface area contributed by atoms with Gasteiger partial charge in [-0.15, -0.1) is 0 Å². The van der Waals surface area contributed by atoms with Crippen molar-refractivity contribution in [2.75, 3.05) is 6.54 Å². The number of carbonyl (C=O) groups excluding carboxylic acids is 4. The van der Waals surface area contributed by atoms with Crippen LogP contribution in [0.1, 0.15) is 89.0 Å². The number of nitrogens with two attached hydrogens (primary N) is 1. The molecule has 36 heavy (non-hydrogen) atoms. The second-order valence-electron chi connectivity index (χ2n) is 10.5. The van der Waals surface area contributed by atoms with E-state index in [1.54, 1.807) is 20.8 Å². The molecule has 1 aliphatic carbocycles. The summed E-state index contributed by atoms with van der Waals surface area (Å²) in [5, 5.41) is 5.51. The number of hydrogen-bond donors (Lipinski definition) is 3. The number of primary amides is 1. The second-order valence-corrected chi connectivity index (χ2v) is 10.5. The highest BCUT2D eigenvalue weighted by atomic mass is 16.6. The SMILES string of the molecule is CCCCCNC(=O)C(c1cccc(C)c1C)N(C(=O)C(CC(N)=O)NC(=O)OC(C)(C)C)C1CC1. The highest BCUT2D eigenvalue weighted by Crippen LogP contribution is 2.37. The van der Waals surface area contributed by atoms with Gasteiger partial charge in [0, 0.05) is 12.6 Å². The third kappa shape index (κ3) is 8.53. The van der Waals surface area contributed by atoms with E-state index in [9.17, 15) is 19.2 Å². The van der Waals surface area contributed by atoms with Crippen molar-refractivity contribution in [3.05, 3.63) is 34.9 Å². The number of nitrogens with zero attached hydrogens (tertiary/aromatic N) is 1. The van der Waals surface area contributed by atoms with Gasteiger partial charge in [-0.2, -0.15) is 0 Å². The lowest BCUT2D eigenvalue weighted by Gasteiger charge is -2.35. The fraction of sp³-hybridized carbons (Fsp3) is 0.630. The number of aryl methyl sites for hydroxylation is 1. The standard InChI is InChI=1S/C27H42N4O5/c1-7-8-9-15-29-24(33)23(20-12-10-11-17(2)18(20)3)31(19-13-14-19)25(34)21(16-22(28)32)30-26(35)36-27(4,5)6/h10-12,19,21,23H,7-9,13-16H2,1-6H3,(H2,28,32)(H,29,33)(H,30,35). The molecule has 4 amide bonds. The van der Waals surface area contributed by atoms with Crippen molar-refractivity contribution >= 4 is 23.8 Å². The molecule has 2 atom stereocenters. The smallest absolute Gasteiger partial charge is 0.408 e. The van der Waals surface area contributed by atoms with E-state index in [0.29, 0.717) is 6.54 Å². The first kappa shape index (κ1) is 29.1. The van der Waals surface area contributed by atoms with E-state index < -0.39 is 42.0 Å². The quantitative estimate of drug-likeness (QED) is 0.377. The Morgan fingerprint density at radius 3 is 2.36 bits per heavy atom. The third-order valence-corrected chi connectivity index (χ3v) is 6.14. The summed E-state index contributed by atoms with van der Waals surface area (Å²) >= 11 is 0. The van der Waals surface area contributed by atoms with Crippen molar-refractivity contribution in [1.82, 2.24) is 15.5 Å². The predicted molar refractivity (Wildman–Crippen MR) is 138 cm³/mol. The van der Waals surface area contributed by atoms with Gasteiger partial charge in [0.1, 0.15) is 17.7 Å². The van der Waals surface area contributed by atoms with Gasteiger partial charge in [-0.1, -0.05) is 38.0 Å². The summed E-state index contributed by atoms with van der Waals surface area (Å²) < 4.78 is 5.31. The highest BCUT2D eigenvalue weighted by molar-refractivity contribution is 5.95. The molecule has 0 aromatic heterocycles. The first-order chi connectivity index (χ1) is 16.9. The molecule has 1 aromatic carbocycles. The number of ether oxygens (including phenoxy) is 1. The lowest BCUT2D eigenvalue weighted by molar-refractivity contribution is -0.144. The van der Waals surface area contributed by atoms with E-state index in [1.165, 1.54) is 4.90 Å². The average molecular weight is 503 g/mol. The minimum absolute atomic E-state index is 0.181. The number of nitrogens with one attached hydrogen (secondary N) is 2. The van der Waals surface area contributed by atoms with E-state index in [2.05, 4.69) is 17.6 Å². The van der Waals surface area contributed by atoms with Gasteiger partial charge < -0.3 is 26.0 Å². The van der Waals surface area contributed by atoms with Crippen molar-refractivity contribution < 1.29 is 23.9 Å². The lowest BCUT2D eigenvalue weighted by Crippen LogP contribution is -2.54. The Hall–Kier alpha value is -3.10. The average Bonchev–Trinajstić information content (AvgIpc) is 3.59. The highest BCUT2D eigenvalue weighted by Gasteiger charge is 2.44. The Morgan fingerprint density at radius 2 is 1.81 bits per heavy atom. The van der Waals surface area contributed by atoms with Crippen LogP contribution in [0.25, 0.3) is 0 Å². The van der Waals surface area contributed by atoms with Crippen LogP contribution in [0, 0.1) is 13.8 Å². The molecule has 0 radical (unpaired) electrons. The molecule has 0 saturated heterocycles. The van der Waals surface area contributed by atoms with Gasteiger partial charge in [-0.3, -0.25) is 14.4 Å². The van der Waals surface area contributed by atoms with E-state index in [4.69, 9.17) is 10.5 Å². The van der Waals surface area contributed by atoms with Crippen molar-refractivity contribution in [1.29, 1.82) is 0 Å². The minimum atomic E-state index is -1.25. The summed E-state index contributed by atoms with van der Waals surface area (Å²) in [6.07, 6.45) is 3.07. The van der Waals surface area contributed by atoms with Crippen LogP contribution in [0.2, 0.25) is 0 Å². The molecular weight excluding hydrogens is 460 g/mol. The predicted octanol–water partition coefficient (Wildman–Crippen LogP) is 3.41. The molecule has 1 aliphatic rings. The van der Waals surface area contributed by atoms with Gasteiger partial charge in [-0.25, -0.2) is 4.79 Å². The molecule has 2 unspecified atom stereocenters. The molecule has 9 heteroatoms. The summed E-state index contributed by atoms with van der Waals surface area (Å²) in [5.74, 6) is -1.56. The minimum Gasteiger partial charge on any atom is -0.444 e. The Balaban J connectivity index is 2.45. The number of alkyl carbamates (subject to hydrolysis) is 1. The normalized spacial score (nSPS) is 14.9. The summed E-state index contributed by atoms with van der Waals surface area (Å²) in [4.78, 5) is 53.4. The summed E-state index contributed by atoms with van der Waals surface area (Å²) in [5.41, 5.74) is 7.27. The van der Waals surface area contributed by atoms with E-state index in [-0.39, 0.29) is 11.9 Å². The Morgan fingerprint density at radius 1 is 1.14 bits per heavy atom. The van der Waals surface area contributed by atoms with Crippen LogP contribution in [0.15, 0.2) is 18.2 Å². The molecule has 0 heterocycles. The Kier molecular flexibility index (Phi) is 10.3. The third-order valence-electron chi connectivity index (χ3n) is 6.14. The van der Waals surface area contributed by atoms with Crippen LogP contribution in [0.3, 0.4) is 0 Å². The summed E-state index contributed by atoms with van der Waals surface area (Å²) in [6.45, 7) is 11.6. The van der Waals surface area contributed by atoms with E-state index in [1.807, 2.05) is 32.0 Å². The van der Waals surface area contributed by atoms with Gasteiger partial charge in [-0.05, 0) is 70.6 Å². The molecule has 2 rings (SSSR count). The number of unbranched alkanes of at least 4 members (excludes halogenated alkanes) is 2. The molecule has 1 fully saturated rings. The maximum Gasteiger partial charge on any atom is 0.408 e. The number of amides is 4. The second kappa shape index (κ2) is 12.7. The van der Waals surface area contributed by atoms with Crippen molar-refractivity contribution in [3.63, 3.8) is 0 Å². The van der Waals surface area contributed by atoms with Crippen LogP contribution in [0.5, 0.6) is 0 Å². The molecule has 200 valence electrons. The molecule has 4 N–H and O–H groups in total. The molecule has 0 aliphatic heterocycles. The zero-order valence-corrected chi connectivity index (χ0v) is 22.5. The van der Waals surface area contributed by atoms with Gasteiger partial charge in [0.15, 0.2) is 0 Å². The first-order valence-electron chi connectivity index (χ1n) is 12.8. The monoisotopic (exact) mass is 502 g/mol. The van der Waals surface area contributed by atoms with Crippen LogP contribution in [-0.4, -0.2) is 52.9 Å². The van der Waals surface area contributed by atoms with Crippen LogP contribution in [0.4, 0.5) is 4.79 Å². The van der Waals surface area contributed by atoms with Crippen LogP contribution >= 0.6 is 0 Å². The maximum atomic E-state index is 13.9. The zero-order valence-electron chi connectivity index (χ0n) is 22.5. The van der Waals surface area contributed by atoms with Gasteiger partial charge in [0.2, 0.25) is 17.7 Å². The fourth-order valence-corrected chi connectivity index (χ4v) is 4.07. The number of benzene rings is 1. The van der Waals surface area contributed by atoms with E-state index >= 15 is 0 Å². The molecule has 9 nitrogen and oxygen atoms in total. The molecule has 0 spiro atoms. The van der Waals surface area contributed by atoms with Crippen molar-refractivity contribution in [2.45, 2.75) is 104 Å². The molecule has 1 aromatic rings. The van der Waals surface area contributed by atoms with Crippen LogP contribution < -0.4 is 16.4 Å². The molecule has 0 bridgehead atoms. The van der Waals surface area contributed by atoms with Gasteiger partial charge in [0.05, 0.1) is 6.42 Å². The summed E-state index contributed by atoms with van der Waals surface area (Å²) in [7, 11) is 0. The molecular formula is C27H42N4O5. The summed E-state index contributed by atoms with van der Waals surface area (Å²) in [6, 6.07) is 3.34. The first-order valence-corrected chi connectivity index (χ1v) is 12.8. The number of rotatable bonds is 12. The number of hydrogen-bond acceptors (Lipinski definition) is 5. The van der Waals surface area contributed by atoms with E-state index in [0.717, 1.165) is 48.8 Å². The van der Waals surface area contributed by atoms with Crippen LogP contribution in [-0.2, 0) is 19.1 Å². The Bertz CT molecular complexity index is 952. The van der Waals surface area contributed by atoms with Crippen molar-refractivity contribution in [2.24, 2.45) is 5.73 Å². The largest absolute Gasteiger partial charge is 0.444 e.